The second-order valence-electron chi connectivity index (χ2n) is 4.89. The van der Waals surface area contributed by atoms with Crippen molar-refractivity contribution in [3.05, 3.63) is 11.1 Å². The Kier molecular flexibility index (Phi) is 5.33. The molecule has 1 aliphatic heterocycles. The Morgan fingerprint density at radius 3 is 2.78 bits per heavy atom. The second-order valence-corrected chi connectivity index (χ2v) is 7.61. The van der Waals surface area contributed by atoms with E-state index in [4.69, 9.17) is 4.98 Å². The summed E-state index contributed by atoms with van der Waals surface area (Å²) in [6.45, 7) is 11.1. The number of thioether (sulfide) groups is 1. The number of hydrogen-bond acceptors (Lipinski definition) is 5. The van der Waals surface area contributed by atoms with E-state index in [0.717, 1.165) is 32.6 Å². The molecule has 0 spiro atoms. The van der Waals surface area contributed by atoms with Crippen LogP contribution in [0.2, 0.25) is 0 Å². The molecule has 0 saturated carbocycles. The fraction of sp³-hybridized carbons (Fsp3) is 0.769. The van der Waals surface area contributed by atoms with E-state index in [2.05, 4.69) is 48.1 Å². The van der Waals surface area contributed by atoms with Crippen LogP contribution in [-0.2, 0) is 6.42 Å². The van der Waals surface area contributed by atoms with Crippen LogP contribution in [0.15, 0.2) is 5.38 Å². The summed E-state index contributed by atoms with van der Waals surface area (Å²) in [6.07, 6.45) is 1.04. The van der Waals surface area contributed by atoms with E-state index in [1.165, 1.54) is 10.8 Å². The van der Waals surface area contributed by atoms with Gasteiger partial charge in [-0.05, 0) is 6.54 Å². The van der Waals surface area contributed by atoms with Crippen LogP contribution in [0.5, 0.6) is 0 Å². The van der Waals surface area contributed by atoms with E-state index < -0.39 is 0 Å². The van der Waals surface area contributed by atoms with Crippen molar-refractivity contribution in [2.45, 2.75) is 37.7 Å². The van der Waals surface area contributed by atoms with Crippen LogP contribution in [0.3, 0.4) is 0 Å². The van der Waals surface area contributed by atoms with Crippen LogP contribution in [0.25, 0.3) is 0 Å². The smallest absolute Gasteiger partial charge is 0.185 e. The third kappa shape index (κ3) is 3.87. The zero-order valence-electron chi connectivity index (χ0n) is 11.5. The summed E-state index contributed by atoms with van der Waals surface area (Å²) in [6, 6.07) is 0. The van der Waals surface area contributed by atoms with Gasteiger partial charge in [0, 0.05) is 41.9 Å². The number of thiazole rings is 1. The van der Waals surface area contributed by atoms with Gasteiger partial charge in [-0.25, -0.2) is 4.98 Å². The summed E-state index contributed by atoms with van der Waals surface area (Å²) in [4.78, 5) is 7.22. The molecule has 0 bridgehead atoms. The first-order valence-corrected chi connectivity index (χ1v) is 8.56. The third-order valence-corrected chi connectivity index (χ3v) is 5.22. The van der Waals surface area contributed by atoms with Crippen LogP contribution >= 0.6 is 23.1 Å². The molecule has 1 saturated heterocycles. The lowest BCUT2D eigenvalue weighted by molar-refractivity contribution is 0.703. The maximum atomic E-state index is 4.77. The fourth-order valence-corrected chi connectivity index (χ4v) is 4.49. The number of hydrogen-bond donors (Lipinski definition) is 1. The lowest BCUT2D eigenvalue weighted by Gasteiger charge is -2.34. The highest BCUT2D eigenvalue weighted by Crippen LogP contribution is 2.30. The van der Waals surface area contributed by atoms with Gasteiger partial charge in [-0.3, -0.25) is 0 Å². The van der Waals surface area contributed by atoms with Crippen molar-refractivity contribution < 1.29 is 0 Å². The van der Waals surface area contributed by atoms with Gasteiger partial charge in [-0.15, -0.1) is 11.3 Å². The largest absolute Gasteiger partial charge is 0.346 e. The molecule has 3 nitrogen and oxygen atoms in total. The molecular formula is C13H23N3S2. The molecule has 1 fully saturated rings. The lowest BCUT2D eigenvalue weighted by Crippen LogP contribution is -2.40. The molecule has 2 unspecified atom stereocenters. The Labute approximate surface area is 118 Å². The predicted molar refractivity (Wildman–Crippen MR) is 83.1 cm³/mol. The number of aromatic nitrogens is 1. The van der Waals surface area contributed by atoms with Crippen LogP contribution in [0.4, 0.5) is 5.13 Å². The first kappa shape index (κ1) is 14.2. The normalized spacial score (nSPS) is 24.5. The van der Waals surface area contributed by atoms with Gasteiger partial charge in [-0.1, -0.05) is 20.8 Å². The highest BCUT2D eigenvalue weighted by molar-refractivity contribution is 8.00. The van der Waals surface area contributed by atoms with Gasteiger partial charge in [0.2, 0.25) is 0 Å². The van der Waals surface area contributed by atoms with Crippen molar-refractivity contribution in [1.82, 2.24) is 10.3 Å². The van der Waals surface area contributed by atoms with E-state index in [1.54, 1.807) is 11.3 Å². The van der Waals surface area contributed by atoms with E-state index in [0.29, 0.717) is 10.5 Å². The van der Waals surface area contributed by atoms with E-state index in [9.17, 15) is 0 Å². The summed E-state index contributed by atoms with van der Waals surface area (Å²) in [5.74, 6) is 0. The summed E-state index contributed by atoms with van der Waals surface area (Å²) >= 11 is 3.88. The van der Waals surface area contributed by atoms with Crippen LogP contribution in [-0.4, -0.2) is 41.7 Å². The molecule has 1 aromatic heterocycles. The summed E-state index contributed by atoms with van der Waals surface area (Å²) in [5.41, 5.74) is 1.23. The molecule has 2 rings (SSSR count). The molecule has 2 atom stereocenters. The second kappa shape index (κ2) is 6.78. The van der Waals surface area contributed by atoms with Crippen molar-refractivity contribution >= 4 is 28.2 Å². The average molecular weight is 285 g/mol. The maximum absolute atomic E-state index is 4.77. The molecule has 0 radical (unpaired) electrons. The van der Waals surface area contributed by atoms with E-state index in [-0.39, 0.29) is 0 Å². The van der Waals surface area contributed by atoms with Gasteiger partial charge in [0.25, 0.3) is 0 Å². The quantitative estimate of drug-likeness (QED) is 0.842. The third-order valence-electron chi connectivity index (χ3n) is 3.04. The van der Waals surface area contributed by atoms with Crippen molar-refractivity contribution in [2.75, 3.05) is 31.1 Å². The first-order valence-electron chi connectivity index (χ1n) is 6.74. The molecule has 102 valence electrons. The number of anilines is 1. The number of nitrogens with one attached hydrogen (secondary N) is 1. The molecule has 1 aromatic rings. The molecule has 0 aromatic carbocycles. The number of rotatable bonds is 5. The Hall–Kier alpha value is -0.260. The van der Waals surface area contributed by atoms with E-state index in [1.807, 2.05) is 0 Å². The zero-order valence-corrected chi connectivity index (χ0v) is 13.1. The summed E-state index contributed by atoms with van der Waals surface area (Å²) in [7, 11) is 0. The van der Waals surface area contributed by atoms with E-state index >= 15 is 0 Å². The van der Waals surface area contributed by atoms with Gasteiger partial charge in [0.05, 0.1) is 5.69 Å². The minimum absolute atomic E-state index is 0.711. The van der Waals surface area contributed by atoms with Gasteiger partial charge < -0.3 is 10.2 Å². The predicted octanol–water partition coefficient (Wildman–Crippen LogP) is 2.63. The highest BCUT2D eigenvalue weighted by atomic mass is 32.2. The first-order chi connectivity index (χ1) is 8.69. The Morgan fingerprint density at radius 2 is 2.11 bits per heavy atom. The van der Waals surface area contributed by atoms with Gasteiger partial charge >= 0.3 is 0 Å². The molecule has 1 aliphatic rings. The van der Waals surface area contributed by atoms with Gasteiger partial charge in [0.15, 0.2) is 5.13 Å². The molecule has 18 heavy (non-hydrogen) atoms. The van der Waals surface area contributed by atoms with Crippen molar-refractivity contribution in [2.24, 2.45) is 0 Å². The van der Waals surface area contributed by atoms with Crippen molar-refractivity contribution in [3.8, 4) is 0 Å². The van der Waals surface area contributed by atoms with Crippen LogP contribution in [0.1, 0.15) is 26.5 Å². The van der Waals surface area contributed by atoms with Gasteiger partial charge in [0.1, 0.15) is 0 Å². The average Bonchev–Trinajstić information content (AvgIpc) is 2.77. The topological polar surface area (TPSA) is 28.2 Å². The van der Waals surface area contributed by atoms with Crippen LogP contribution < -0.4 is 10.2 Å². The molecule has 0 aliphatic carbocycles. The van der Waals surface area contributed by atoms with Crippen LogP contribution in [0, 0.1) is 0 Å². The molecular weight excluding hydrogens is 262 g/mol. The molecule has 0 amide bonds. The summed E-state index contributed by atoms with van der Waals surface area (Å²) in [5, 5.41) is 8.19. The SMILES string of the molecule is CCNCCc1csc(N2CC(C)SC(C)C2)n1. The molecule has 5 heteroatoms. The summed E-state index contributed by atoms with van der Waals surface area (Å²) < 4.78 is 0. The number of nitrogens with zero attached hydrogens (tertiary/aromatic N) is 2. The van der Waals surface area contributed by atoms with Gasteiger partial charge in [-0.2, -0.15) is 11.8 Å². The monoisotopic (exact) mass is 285 g/mol. The molecule has 2 heterocycles. The maximum Gasteiger partial charge on any atom is 0.185 e. The lowest BCUT2D eigenvalue weighted by atomic mass is 10.3. The zero-order chi connectivity index (χ0) is 13.0. The standard InChI is InChI=1S/C13H23N3S2/c1-4-14-6-5-12-9-17-13(15-12)16-7-10(2)18-11(3)8-16/h9-11,14H,4-8H2,1-3H3. The number of likely N-dealkylation sites (N-methyl/N-ethyl adjacent to an activating group) is 1. The Bertz CT molecular complexity index is 357. The highest BCUT2D eigenvalue weighted by Gasteiger charge is 2.24. The molecule has 1 N–H and O–H groups in total. The minimum atomic E-state index is 0.711. The minimum Gasteiger partial charge on any atom is -0.346 e. The van der Waals surface area contributed by atoms with Crippen molar-refractivity contribution in [1.29, 1.82) is 0 Å². The van der Waals surface area contributed by atoms with Crippen molar-refractivity contribution in [3.63, 3.8) is 0 Å². The Morgan fingerprint density at radius 1 is 1.39 bits per heavy atom. The fourth-order valence-electron chi connectivity index (χ4n) is 2.28. The Balaban J connectivity index is 1.92.